The van der Waals surface area contributed by atoms with Gasteiger partial charge in [0, 0.05) is 26.1 Å². The number of hydrogen-bond acceptors (Lipinski definition) is 4. The van der Waals surface area contributed by atoms with Gasteiger partial charge in [0.15, 0.2) is 0 Å². The molecule has 0 radical (unpaired) electrons. The second-order valence-corrected chi connectivity index (χ2v) is 3.81. The molecule has 2 rings (SSSR count). The second kappa shape index (κ2) is 3.98. The standard InChI is InChI=1S/C9H15N5O/c1-6-12-13-8(14(6)2)5-10-7-3-9(15)11-4-7/h7,10H,3-5H2,1-2H3,(H,11,15). The van der Waals surface area contributed by atoms with Crippen LogP contribution in [-0.4, -0.2) is 33.3 Å². The summed E-state index contributed by atoms with van der Waals surface area (Å²) < 4.78 is 1.94. The molecular weight excluding hydrogens is 194 g/mol. The van der Waals surface area contributed by atoms with Crippen LogP contribution in [0.15, 0.2) is 0 Å². The van der Waals surface area contributed by atoms with Crippen LogP contribution in [0.2, 0.25) is 0 Å². The summed E-state index contributed by atoms with van der Waals surface area (Å²) in [7, 11) is 1.93. The normalized spacial score (nSPS) is 20.7. The summed E-state index contributed by atoms with van der Waals surface area (Å²) in [6.07, 6.45) is 0.552. The SMILES string of the molecule is Cc1nnc(CNC2CNC(=O)C2)n1C. The predicted octanol–water partition coefficient (Wildman–Crippen LogP) is -0.898. The smallest absolute Gasteiger partial charge is 0.221 e. The fraction of sp³-hybridized carbons (Fsp3) is 0.667. The minimum absolute atomic E-state index is 0.113. The third kappa shape index (κ3) is 2.15. The van der Waals surface area contributed by atoms with Gasteiger partial charge in [-0.15, -0.1) is 10.2 Å². The van der Waals surface area contributed by atoms with Gasteiger partial charge in [-0.3, -0.25) is 4.79 Å². The van der Waals surface area contributed by atoms with E-state index in [1.165, 1.54) is 0 Å². The monoisotopic (exact) mass is 209 g/mol. The maximum atomic E-state index is 11.0. The van der Waals surface area contributed by atoms with Crippen LogP contribution in [-0.2, 0) is 18.4 Å². The van der Waals surface area contributed by atoms with Gasteiger partial charge in [-0.2, -0.15) is 0 Å². The molecule has 2 N–H and O–H groups in total. The zero-order valence-electron chi connectivity index (χ0n) is 8.95. The number of rotatable bonds is 3. The Hall–Kier alpha value is -1.43. The van der Waals surface area contributed by atoms with Gasteiger partial charge in [-0.25, -0.2) is 0 Å². The molecule has 2 heterocycles. The van der Waals surface area contributed by atoms with Gasteiger partial charge < -0.3 is 15.2 Å². The topological polar surface area (TPSA) is 71.8 Å². The van der Waals surface area contributed by atoms with Crippen molar-refractivity contribution in [2.75, 3.05) is 6.54 Å². The summed E-state index contributed by atoms with van der Waals surface area (Å²) in [5.41, 5.74) is 0. The fourth-order valence-corrected chi connectivity index (χ4v) is 1.59. The minimum Gasteiger partial charge on any atom is -0.354 e. The van der Waals surface area contributed by atoms with Crippen LogP contribution in [0.25, 0.3) is 0 Å². The minimum atomic E-state index is 0.113. The van der Waals surface area contributed by atoms with Crippen LogP contribution in [0.3, 0.4) is 0 Å². The predicted molar refractivity (Wildman–Crippen MR) is 54.0 cm³/mol. The Balaban J connectivity index is 1.88. The zero-order valence-corrected chi connectivity index (χ0v) is 8.95. The fourth-order valence-electron chi connectivity index (χ4n) is 1.59. The maximum absolute atomic E-state index is 11.0. The molecule has 6 heteroatoms. The zero-order chi connectivity index (χ0) is 10.8. The molecule has 0 saturated carbocycles. The first-order chi connectivity index (χ1) is 7.16. The maximum Gasteiger partial charge on any atom is 0.221 e. The highest BCUT2D eigenvalue weighted by molar-refractivity contribution is 5.78. The van der Waals surface area contributed by atoms with E-state index >= 15 is 0 Å². The van der Waals surface area contributed by atoms with E-state index in [2.05, 4.69) is 20.8 Å². The van der Waals surface area contributed by atoms with Gasteiger partial charge in [0.05, 0.1) is 6.54 Å². The third-order valence-corrected chi connectivity index (χ3v) is 2.71. The Bertz CT molecular complexity index is 373. The van der Waals surface area contributed by atoms with Gasteiger partial charge in [0.2, 0.25) is 5.91 Å². The summed E-state index contributed by atoms with van der Waals surface area (Å²) in [6, 6.07) is 0.217. The van der Waals surface area contributed by atoms with Crippen LogP contribution in [0.5, 0.6) is 0 Å². The molecule has 0 aliphatic carbocycles. The second-order valence-electron chi connectivity index (χ2n) is 3.81. The van der Waals surface area contributed by atoms with Crippen molar-refractivity contribution in [1.82, 2.24) is 25.4 Å². The number of aryl methyl sites for hydroxylation is 1. The van der Waals surface area contributed by atoms with Crippen LogP contribution in [0.1, 0.15) is 18.1 Å². The van der Waals surface area contributed by atoms with Gasteiger partial charge in [-0.05, 0) is 6.92 Å². The van der Waals surface area contributed by atoms with Crippen LogP contribution in [0, 0.1) is 6.92 Å². The van der Waals surface area contributed by atoms with E-state index in [1.807, 2.05) is 18.5 Å². The molecule has 1 unspecified atom stereocenters. The van der Waals surface area contributed by atoms with Crippen LogP contribution >= 0.6 is 0 Å². The van der Waals surface area contributed by atoms with Gasteiger partial charge in [-0.1, -0.05) is 0 Å². The van der Waals surface area contributed by atoms with Crippen molar-refractivity contribution in [1.29, 1.82) is 0 Å². The van der Waals surface area contributed by atoms with E-state index < -0.39 is 0 Å². The lowest BCUT2D eigenvalue weighted by Gasteiger charge is -2.09. The lowest BCUT2D eigenvalue weighted by Crippen LogP contribution is -2.31. The molecule has 1 fully saturated rings. The van der Waals surface area contributed by atoms with Crippen molar-refractivity contribution >= 4 is 5.91 Å². The average Bonchev–Trinajstić information content (AvgIpc) is 2.74. The van der Waals surface area contributed by atoms with Gasteiger partial charge in [0.1, 0.15) is 11.6 Å². The van der Waals surface area contributed by atoms with E-state index in [0.29, 0.717) is 19.5 Å². The first-order valence-corrected chi connectivity index (χ1v) is 5.02. The molecule has 82 valence electrons. The number of carbonyl (C=O) groups is 1. The molecule has 1 aliphatic heterocycles. The van der Waals surface area contributed by atoms with Crippen LogP contribution < -0.4 is 10.6 Å². The van der Waals surface area contributed by atoms with Crippen molar-refractivity contribution in [3.05, 3.63) is 11.6 Å². The van der Waals surface area contributed by atoms with E-state index in [9.17, 15) is 4.79 Å². The van der Waals surface area contributed by atoms with E-state index in [4.69, 9.17) is 0 Å². The molecule has 0 spiro atoms. The van der Waals surface area contributed by atoms with E-state index in [1.54, 1.807) is 0 Å². The van der Waals surface area contributed by atoms with E-state index in [0.717, 1.165) is 11.6 Å². The first kappa shape index (κ1) is 10.1. The van der Waals surface area contributed by atoms with E-state index in [-0.39, 0.29) is 11.9 Å². The molecular formula is C9H15N5O. The van der Waals surface area contributed by atoms with Crippen molar-refractivity contribution in [3.63, 3.8) is 0 Å². The molecule has 1 amide bonds. The van der Waals surface area contributed by atoms with Crippen molar-refractivity contribution in [2.24, 2.45) is 7.05 Å². The number of aromatic nitrogens is 3. The molecule has 1 atom stereocenters. The Kier molecular flexibility index (Phi) is 2.68. The third-order valence-electron chi connectivity index (χ3n) is 2.71. The highest BCUT2D eigenvalue weighted by Crippen LogP contribution is 2.02. The molecule has 1 saturated heterocycles. The summed E-state index contributed by atoms with van der Waals surface area (Å²) >= 11 is 0. The lowest BCUT2D eigenvalue weighted by atomic mass is 10.2. The number of nitrogens with one attached hydrogen (secondary N) is 2. The number of amides is 1. The number of hydrogen-bond donors (Lipinski definition) is 2. The molecule has 6 nitrogen and oxygen atoms in total. The van der Waals surface area contributed by atoms with Crippen molar-refractivity contribution in [3.8, 4) is 0 Å². The Labute approximate surface area is 88.1 Å². The van der Waals surface area contributed by atoms with Gasteiger partial charge in [0.25, 0.3) is 0 Å². The number of nitrogens with zero attached hydrogens (tertiary/aromatic N) is 3. The lowest BCUT2D eigenvalue weighted by molar-refractivity contribution is -0.119. The molecule has 1 aromatic rings. The highest BCUT2D eigenvalue weighted by atomic mass is 16.1. The number of carbonyl (C=O) groups excluding carboxylic acids is 1. The average molecular weight is 209 g/mol. The first-order valence-electron chi connectivity index (χ1n) is 5.02. The summed E-state index contributed by atoms with van der Waals surface area (Å²) in [5, 5.41) is 14.1. The van der Waals surface area contributed by atoms with Gasteiger partial charge >= 0.3 is 0 Å². The molecule has 1 aromatic heterocycles. The van der Waals surface area contributed by atoms with Crippen molar-refractivity contribution < 1.29 is 4.79 Å². The molecule has 15 heavy (non-hydrogen) atoms. The molecule has 0 bridgehead atoms. The largest absolute Gasteiger partial charge is 0.354 e. The summed E-state index contributed by atoms with van der Waals surface area (Å²) in [6.45, 7) is 3.27. The molecule has 1 aliphatic rings. The Morgan fingerprint density at radius 2 is 2.40 bits per heavy atom. The van der Waals surface area contributed by atoms with Crippen LogP contribution in [0.4, 0.5) is 0 Å². The Morgan fingerprint density at radius 3 is 2.93 bits per heavy atom. The van der Waals surface area contributed by atoms with Crippen molar-refractivity contribution in [2.45, 2.75) is 25.9 Å². The summed E-state index contributed by atoms with van der Waals surface area (Å²) in [4.78, 5) is 11.0. The quantitative estimate of drug-likeness (QED) is 0.677. The highest BCUT2D eigenvalue weighted by Gasteiger charge is 2.21. The summed E-state index contributed by atoms with van der Waals surface area (Å²) in [5.74, 6) is 1.90. The Morgan fingerprint density at radius 1 is 1.60 bits per heavy atom. The molecule has 0 aromatic carbocycles.